The van der Waals surface area contributed by atoms with Crippen LogP contribution in [-0.4, -0.2) is 46.7 Å². The number of carbonyl (C=O) groups is 2. The Morgan fingerprint density at radius 3 is 2.52 bits per heavy atom. The molecule has 3 heterocycles. The van der Waals surface area contributed by atoms with E-state index in [2.05, 4.69) is 10.3 Å². The smallest absolute Gasteiger partial charge is 0.271 e. The Balaban J connectivity index is 1.95. The van der Waals surface area contributed by atoms with Gasteiger partial charge in [-0.3, -0.25) is 9.59 Å². The lowest BCUT2D eigenvalue weighted by Crippen LogP contribution is -2.42. The van der Waals surface area contributed by atoms with Gasteiger partial charge < -0.3 is 15.2 Å². The summed E-state index contributed by atoms with van der Waals surface area (Å²) in [6.07, 6.45) is 3.18. The van der Waals surface area contributed by atoms with Crippen LogP contribution in [0.5, 0.6) is 0 Å². The number of amides is 1. The molecule has 2 fully saturated rings. The van der Waals surface area contributed by atoms with E-state index in [1.165, 1.54) is 0 Å². The van der Waals surface area contributed by atoms with E-state index in [0.29, 0.717) is 17.3 Å². The van der Waals surface area contributed by atoms with Crippen LogP contribution in [0, 0.1) is 13.8 Å². The molecule has 2 N–H and O–H groups in total. The number of Topliss-reactive ketones (excluding diaryl/α,β-unsaturated/α-hetero) is 1. The molecule has 5 heteroatoms. The minimum atomic E-state index is 0.0146. The van der Waals surface area contributed by atoms with Crippen molar-refractivity contribution in [3.05, 3.63) is 22.5 Å². The lowest BCUT2D eigenvalue weighted by atomic mass is 10.1. The number of aromatic amines is 1. The maximum Gasteiger partial charge on any atom is 0.271 e. The third kappa shape index (κ3) is 2.29. The molecule has 2 bridgehead atoms. The van der Waals surface area contributed by atoms with Gasteiger partial charge in [0.2, 0.25) is 0 Å². The Bertz CT molecular complexity index is 577. The van der Waals surface area contributed by atoms with Crippen LogP contribution in [0.2, 0.25) is 0 Å². The van der Waals surface area contributed by atoms with Gasteiger partial charge in [-0.15, -0.1) is 0 Å². The van der Waals surface area contributed by atoms with E-state index in [-0.39, 0.29) is 17.7 Å². The van der Waals surface area contributed by atoms with Gasteiger partial charge in [-0.1, -0.05) is 0 Å². The normalized spacial score (nSPS) is 25.0. The third-order valence-electron chi connectivity index (χ3n) is 4.89. The minimum Gasteiger partial charge on any atom is -0.354 e. The SMILES string of the molecule is CC(=O)c1c(C)[nH]c(C(=O)N2C3CCNCC2CC3)c1C. The molecule has 0 aliphatic carbocycles. The molecule has 114 valence electrons. The van der Waals surface area contributed by atoms with Crippen molar-refractivity contribution in [1.82, 2.24) is 15.2 Å². The molecule has 2 atom stereocenters. The van der Waals surface area contributed by atoms with Gasteiger partial charge in [0, 0.05) is 29.9 Å². The highest BCUT2D eigenvalue weighted by molar-refractivity contribution is 6.02. The average molecular weight is 289 g/mol. The van der Waals surface area contributed by atoms with Gasteiger partial charge in [-0.2, -0.15) is 0 Å². The zero-order valence-corrected chi connectivity index (χ0v) is 13.0. The molecule has 1 amide bonds. The van der Waals surface area contributed by atoms with Gasteiger partial charge in [0.25, 0.3) is 5.91 Å². The highest BCUT2D eigenvalue weighted by Crippen LogP contribution is 2.31. The summed E-state index contributed by atoms with van der Waals surface area (Å²) in [7, 11) is 0. The molecule has 1 aromatic rings. The van der Waals surface area contributed by atoms with Crippen molar-refractivity contribution in [1.29, 1.82) is 0 Å². The molecule has 0 aromatic carbocycles. The monoisotopic (exact) mass is 289 g/mol. The van der Waals surface area contributed by atoms with Crippen molar-refractivity contribution in [3.8, 4) is 0 Å². The minimum absolute atomic E-state index is 0.0146. The summed E-state index contributed by atoms with van der Waals surface area (Å²) in [4.78, 5) is 29.9. The molecule has 2 saturated heterocycles. The number of ketones is 1. The fourth-order valence-corrected chi connectivity index (χ4v) is 3.93. The topological polar surface area (TPSA) is 65.2 Å². The van der Waals surface area contributed by atoms with E-state index < -0.39 is 0 Å². The first-order valence-corrected chi connectivity index (χ1v) is 7.74. The van der Waals surface area contributed by atoms with Crippen LogP contribution < -0.4 is 5.32 Å². The van der Waals surface area contributed by atoms with Crippen molar-refractivity contribution in [2.24, 2.45) is 0 Å². The summed E-state index contributed by atoms with van der Waals surface area (Å²) in [5.41, 5.74) is 2.85. The number of fused-ring (bicyclic) bond motifs is 2. The van der Waals surface area contributed by atoms with Crippen molar-refractivity contribution in [2.45, 2.75) is 52.1 Å². The van der Waals surface area contributed by atoms with Crippen LogP contribution >= 0.6 is 0 Å². The van der Waals surface area contributed by atoms with Crippen LogP contribution in [0.15, 0.2) is 0 Å². The number of aryl methyl sites for hydroxylation is 1. The number of hydrogen-bond acceptors (Lipinski definition) is 3. The first kappa shape index (κ1) is 14.3. The van der Waals surface area contributed by atoms with E-state index in [0.717, 1.165) is 43.6 Å². The molecule has 1 aromatic heterocycles. The summed E-state index contributed by atoms with van der Waals surface area (Å²) in [6, 6.07) is 0.620. The molecular formula is C16H23N3O2. The van der Waals surface area contributed by atoms with E-state index in [4.69, 9.17) is 0 Å². The largest absolute Gasteiger partial charge is 0.354 e. The third-order valence-corrected chi connectivity index (χ3v) is 4.89. The van der Waals surface area contributed by atoms with Crippen LogP contribution in [0.1, 0.15) is 58.3 Å². The predicted octanol–water partition coefficient (Wildman–Crippen LogP) is 1.80. The van der Waals surface area contributed by atoms with Crippen LogP contribution in [0.4, 0.5) is 0 Å². The van der Waals surface area contributed by atoms with Crippen LogP contribution in [-0.2, 0) is 0 Å². The van der Waals surface area contributed by atoms with Crippen molar-refractivity contribution in [2.75, 3.05) is 13.1 Å². The zero-order chi connectivity index (χ0) is 15.1. The Morgan fingerprint density at radius 1 is 1.14 bits per heavy atom. The molecule has 2 aliphatic heterocycles. The van der Waals surface area contributed by atoms with Gasteiger partial charge in [0.15, 0.2) is 5.78 Å². The Kier molecular flexibility index (Phi) is 3.61. The lowest BCUT2D eigenvalue weighted by Gasteiger charge is -2.27. The number of H-pyrrole nitrogens is 1. The Hall–Kier alpha value is -1.62. The summed E-state index contributed by atoms with van der Waals surface area (Å²) in [6.45, 7) is 7.13. The fraction of sp³-hybridized carbons (Fsp3) is 0.625. The number of nitrogens with zero attached hydrogens (tertiary/aromatic N) is 1. The van der Waals surface area contributed by atoms with E-state index in [1.807, 2.05) is 18.7 Å². The van der Waals surface area contributed by atoms with Gasteiger partial charge in [0.05, 0.1) is 0 Å². The number of nitrogens with one attached hydrogen (secondary N) is 2. The number of hydrogen-bond donors (Lipinski definition) is 2. The van der Waals surface area contributed by atoms with E-state index >= 15 is 0 Å². The molecule has 2 aliphatic rings. The number of rotatable bonds is 2. The van der Waals surface area contributed by atoms with E-state index in [1.54, 1.807) is 6.92 Å². The maximum atomic E-state index is 13.0. The molecule has 3 rings (SSSR count). The lowest BCUT2D eigenvalue weighted by molar-refractivity contribution is 0.0674. The van der Waals surface area contributed by atoms with Crippen LogP contribution in [0.25, 0.3) is 0 Å². The average Bonchev–Trinajstić information content (AvgIpc) is 2.84. The summed E-state index contributed by atoms with van der Waals surface area (Å²) in [5, 5.41) is 3.41. The summed E-state index contributed by atoms with van der Waals surface area (Å²) >= 11 is 0. The number of carbonyl (C=O) groups excluding carboxylic acids is 2. The van der Waals surface area contributed by atoms with Gasteiger partial charge >= 0.3 is 0 Å². The second kappa shape index (κ2) is 5.30. The molecule has 0 radical (unpaired) electrons. The first-order valence-electron chi connectivity index (χ1n) is 7.74. The predicted molar refractivity (Wildman–Crippen MR) is 80.7 cm³/mol. The molecular weight excluding hydrogens is 266 g/mol. The van der Waals surface area contributed by atoms with Crippen molar-refractivity contribution < 1.29 is 9.59 Å². The molecule has 0 saturated carbocycles. The summed E-state index contributed by atoms with van der Waals surface area (Å²) < 4.78 is 0. The van der Waals surface area contributed by atoms with Crippen molar-refractivity contribution in [3.63, 3.8) is 0 Å². The molecule has 21 heavy (non-hydrogen) atoms. The zero-order valence-electron chi connectivity index (χ0n) is 13.0. The Morgan fingerprint density at radius 2 is 1.86 bits per heavy atom. The molecule has 0 spiro atoms. The van der Waals surface area contributed by atoms with Gasteiger partial charge in [-0.05, 0) is 52.1 Å². The first-order chi connectivity index (χ1) is 10.0. The highest BCUT2D eigenvalue weighted by Gasteiger charge is 2.39. The Labute approximate surface area is 125 Å². The van der Waals surface area contributed by atoms with Crippen LogP contribution in [0.3, 0.4) is 0 Å². The standard InChI is InChI=1S/C16H23N3O2/c1-9-14(11(3)20)10(2)18-15(9)16(21)19-12-4-5-13(19)8-17-7-6-12/h12-13,17-18H,4-8H2,1-3H3. The van der Waals surface area contributed by atoms with Gasteiger partial charge in [-0.25, -0.2) is 0 Å². The maximum absolute atomic E-state index is 13.0. The second-order valence-corrected chi connectivity index (χ2v) is 6.27. The quantitative estimate of drug-likeness (QED) is 0.816. The summed E-state index contributed by atoms with van der Waals surface area (Å²) in [5.74, 6) is 0.0695. The van der Waals surface area contributed by atoms with Crippen molar-refractivity contribution >= 4 is 11.7 Å². The number of aromatic nitrogens is 1. The molecule has 5 nitrogen and oxygen atoms in total. The molecule has 2 unspecified atom stereocenters. The fourth-order valence-electron chi connectivity index (χ4n) is 3.93. The second-order valence-electron chi connectivity index (χ2n) is 6.27. The van der Waals surface area contributed by atoms with E-state index in [9.17, 15) is 9.59 Å². The van der Waals surface area contributed by atoms with Gasteiger partial charge in [0.1, 0.15) is 5.69 Å². The highest BCUT2D eigenvalue weighted by atomic mass is 16.2.